The van der Waals surface area contributed by atoms with Crippen molar-refractivity contribution in [1.82, 2.24) is 4.57 Å². The zero-order chi connectivity index (χ0) is 22.1. The Bertz CT molecular complexity index is 1160. The molecule has 30 heavy (non-hydrogen) atoms. The number of rotatable bonds is 5. The number of nitrogens with zero attached hydrogens (tertiary/aromatic N) is 1. The summed E-state index contributed by atoms with van der Waals surface area (Å²) in [5.41, 5.74) is -0.803. The summed E-state index contributed by atoms with van der Waals surface area (Å²) in [4.78, 5) is 25.1. The Morgan fingerprint density at radius 3 is 2.60 bits per heavy atom. The van der Waals surface area contributed by atoms with Gasteiger partial charge in [-0.15, -0.1) is 0 Å². The molecule has 9 heteroatoms. The Morgan fingerprint density at radius 2 is 1.93 bits per heavy atom. The summed E-state index contributed by atoms with van der Waals surface area (Å²) >= 11 is 5.60. The molecular formula is C21H18ClF3N2O3. The molecule has 1 aromatic heterocycles. The van der Waals surface area contributed by atoms with Crippen molar-refractivity contribution < 1.29 is 23.1 Å². The fourth-order valence-corrected chi connectivity index (χ4v) is 3.34. The third-order valence-corrected chi connectivity index (χ3v) is 5.02. The first kappa shape index (κ1) is 21.9. The lowest BCUT2D eigenvalue weighted by molar-refractivity contribution is -0.137. The molecule has 158 valence electrons. The molecule has 0 saturated carbocycles. The standard InChI is InChI=1S/C21H18ClF3N2O3/c1-12(11-28)27-8-7-14-15(20(27)30)3-2-4-18(14)26-19(29)10-13-5-6-17(22)16(9-13)21(23,24)25/h2-9,12,28H,10-11H2,1H3,(H,26,29)/t12-/m1/s1. The predicted molar refractivity (Wildman–Crippen MR) is 109 cm³/mol. The average molecular weight is 439 g/mol. The summed E-state index contributed by atoms with van der Waals surface area (Å²) in [6.07, 6.45) is -3.39. The summed E-state index contributed by atoms with van der Waals surface area (Å²) in [7, 11) is 0. The largest absolute Gasteiger partial charge is 0.417 e. The molecule has 0 saturated heterocycles. The number of benzene rings is 2. The van der Waals surface area contributed by atoms with Gasteiger partial charge in [0.05, 0.1) is 29.7 Å². The van der Waals surface area contributed by atoms with E-state index in [0.717, 1.165) is 12.1 Å². The van der Waals surface area contributed by atoms with Gasteiger partial charge in [-0.1, -0.05) is 23.7 Å². The first-order valence-corrected chi connectivity index (χ1v) is 9.40. The number of aliphatic hydroxyl groups is 1. The minimum atomic E-state index is -4.62. The number of pyridine rings is 1. The van der Waals surface area contributed by atoms with Crippen LogP contribution in [0.5, 0.6) is 0 Å². The van der Waals surface area contributed by atoms with Gasteiger partial charge in [-0.3, -0.25) is 9.59 Å². The monoisotopic (exact) mass is 438 g/mol. The van der Waals surface area contributed by atoms with Crippen molar-refractivity contribution in [2.75, 3.05) is 11.9 Å². The van der Waals surface area contributed by atoms with Gasteiger partial charge < -0.3 is 15.0 Å². The van der Waals surface area contributed by atoms with Crippen LogP contribution in [0.3, 0.4) is 0 Å². The Kier molecular flexibility index (Phi) is 6.19. The second-order valence-electron chi connectivity index (χ2n) is 6.86. The highest BCUT2D eigenvalue weighted by molar-refractivity contribution is 6.31. The highest BCUT2D eigenvalue weighted by Gasteiger charge is 2.33. The third kappa shape index (κ3) is 4.49. The lowest BCUT2D eigenvalue weighted by Crippen LogP contribution is -2.25. The first-order chi connectivity index (χ1) is 14.1. The van der Waals surface area contributed by atoms with Crippen molar-refractivity contribution >= 4 is 34.0 Å². The zero-order valence-corrected chi connectivity index (χ0v) is 16.6. The third-order valence-electron chi connectivity index (χ3n) is 4.69. The summed E-state index contributed by atoms with van der Waals surface area (Å²) in [5.74, 6) is -0.536. The van der Waals surface area contributed by atoms with E-state index in [1.165, 1.54) is 16.8 Å². The highest BCUT2D eigenvalue weighted by atomic mass is 35.5. The van der Waals surface area contributed by atoms with E-state index < -0.39 is 28.7 Å². The van der Waals surface area contributed by atoms with Gasteiger partial charge in [0.15, 0.2) is 0 Å². The molecule has 1 amide bonds. The van der Waals surface area contributed by atoms with Gasteiger partial charge in [0, 0.05) is 22.7 Å². The van der Waals surface area contributed by atoms with Crippen LogP contribution >= 0.6 is 11.6 Å². The number of aromatic nitrogens is 1. The van der Waals surface area contributed by atoms with Crippen LogP contribution in [-0.2, 0) is 17.4 Å². The SMILES string of the molecule is C[C@H](CO)n1ccc2c(NC(=O)Cc3ccc(Cl)c(C(F)(F)F)c3)cccc2c1=O. The van der Waals surface area contributed by atoms with Gasteiger partial charge in [-0.05, 0) is 42.8 Å². The van der Waals surface area contributed by atoms with Crippen LogP contribution < -0.4 is 10.9 Å². The van der Waals surface area contributed by atoms with Crippen LogP contribution in [0.25, 0.3) is 10.8 Å². The highest BCUT2D eigenvalue weighted by Crippen LogP contribution is 2.35. The van der Waals surface area contributed by atoms with Crippen LogP contribution in [0.1, 0.15) is 24.1 Å². The molecule has 0 radical (unpaired) electrons. The number of carbonyl (C=O) groups is 1. The number of anilines is 1. The lowest BCUT2D eigenvalue weighted by Gasteiger charge is -2.15. The van der Waals surface area contributed by atoms with Gasteiger partial charge in [0.25, 0.3) is 5.56 Å². The van der Waals surface area contributed by atoms with E-state index in [-0.39, 0.29) is 24.2 Å². The smallest absolute Gasteiger partial charge is 0.394 e. The average Bonchev–Trinajstić information content (AvgIpc) is 2.69. The van der Waals surface area contributed by atoms with Gasteiger partial charge in [0.2, 0.25) is 5.91 Å². The first-order valence-electron chi connectivity index (χ1n) is 9.02. The number of alkyl halides is 3. The Morgan fingerprint density at radius 1 is 1.20 bits per heavy atom. The van der Waals surface area contributed by atoms with Crippen molar-refractivity contribution in [3.63, 3.8) is 0 Å². The van der Waals surface area contributed by atoms with E-state index in [2.05, 4.69) is 5.32 Å². The van der Waals surface area contributed by atoms with Gasteiger partial charge >= 0.3 is 6.18 Å². The molecule has 2 N–H and O–H groups in total. The van der Waals surface area contributed by atoms with Gasteiger partial charge in [-0.25, -0.2) is 0 Å². The maximum Gasteiger partial charge on any atom is 0.417 e. The summed E-state index contributed by atoms with van der Waals surface area (Å²) in [6, 6.07) is 9.34. The number of aliphatic hydroxyl groups excluding tert-OH is 1. The summed E-state index contributed by atoms with van der Waals surface area (Å²) in [5, 5.41) is 12.3. The van der Waals surface area contributed by atoms with Crippen LogP contribution in [-0.4, -0.2) is 22.2 Å². The fraction of sp³-hybridized carbons (Fsp3) is 0.238. The molecule has 0 fully saturated rings. The van der Waals surface area contributed by atoms with Crippen molar-refractivity contribution in [2.45, 2.75) is 25.6 Å². The minimum absolute atomic E-state index is 0.156. The number of hydrogen-bond donors (Lipinski definition) is 2. The number of nitrogens with one attached hydrogen (secondary N) is 1. The molecule has 5 nitrogen and oxygen atoms in total. The molecule has 3 aromatic rings. The molecule has 1 heterocycles. The van der Waals surface area contributed by atoms with Crippen LogP contribution in [0.15, 0.2) is 53.5 Å². The number of halogens is 4. The van der Waals surface area contributed by atoms with Gasteiger partial charge in [0.1, 0.15) is 0 Å². The quantitative estimate of drug-likeness (QED) is 0.620. The number of fused-ring (bicyclic) bond motifs is 1. The molecule has 0 bridgehead atoms. The predicted octanol–water partition coefficient (Wildman–Crippen LogP) is 4.41. The van der Waals surface area contributed by atoms with Crippen LogP contribution in [0.2, 0.25) is 5.02 Å². The second-order valence-corrected chi connectivity index (χ2v) is 7.27. The van der Waals surface area contributed by atoms with Crippen molar-refractivity contribution in [3.05, 3.63) is 75.2 Å². The second kappa shape index (κ2) is 8.49. The van der Waals surface area contributed by atoms with Crippen LogP contribution in [0.4, 0.5) is 18.9 Å². The zero-order valence-electron chi connectivity index (χ0n) is 15.8. The van der Waals surface area contributed by atoms with E-state index in [0.29, 0.717) is 16.5 Å². The van der Waals surface area contributed by atoms with Crippen molar-refractivity contribution in [2.24, 2.45) is 0 Å². The molecular weight excluding hydrogens is 421 g/mol. The molecule has 0 aliphatic heterocycles. The van der Waals surface area contributed by atoms with E-state index in [4.69, 9.17) is 11.6 Å². The summed E-state index contributed by atoms with van der Waals surface area (Å²) in [6.45, 7) is 1.49. The normalized spacial score (nSPS) is 12.7. The Balaban J connectivity index is 1.87. The Labute approximate surface area is 174 Å². The molecule has 0 aliphatic carbocycles. The number of carbonyl (C=O) groups excluding carboxylic acids is 1. The number of amides is 1. The van der Waals surface area contributed by atoms with Crippen molar-refractivity contribution in [1.29, 1.82) is 0 Å². The molecule has 2 aromatic carbocycles. The van der Waals surface area contributed by atoms with E-state index in [9.17, 15) is 27.9 Å². The van der Waals surface area contributed by atoms with E-state index in [1.54, 1.807) is 31.2 Å². The minimum Gasteiger partial charge on any atom is -0.394 e. The molecule has 0 aliphatic rings. The molecule has 0 spiro atoms. The van der Waals surface area contributed by atoms with E-state index >= 15 is 0 Å². The maximum absolute atomic E-state index is 13.0. The lowest BCUT2D eigenvalue weighted by atomic mass is 10.1. The van der Waals surface area contributed by atoms with Gasteiger partial charge in [-0.2, -0.15) is 13.2 Å². The van der Waals surface area contributed by atoms with E-state index in [1.807, 2.05) is 0 Å². The maximum atomic E-state index is 13.0. The fourth-order valence-electron chi connectivity index (χ4n) is 3.12. The molecule has 1 atom stereocenters. The number of hydrogen-bond acceptors (Lipinski definition) is 3. The summed E-state index contributed by atoms with van der Waals surface area (Å²) < 4.78 is 40.4. The van der Waals surface area contributed by atoms with Crippen molar-refractivity contribution in [3.8, 4) is 0 Å². The topological polar surface area (TPSA) is 71.3 Å². The molecule has 3 rings (SSSR count). The molecule has 0 unspecified atom stereocenters. The Hall–Kier alpha value is -2.84. The van der Waals surface area contributed by atoms with Crippen LogP contribution in [0, 0.1) is 0 Å².